The summed E-state index contributed by atoms with van der Waals surface area (Å²) in [4.78, 5) is 33.1. The third-order valence-corrected chi connectivity index (χ3v) is 5.89. The molecule has 1 atom stereocenters. The van der Waals surface area contributed by atoms with Gasteiger partial charge in [0.25, 0.3) is 5.56 Å². The Balaban J connectivity index is 1.85. The van der Waals surface area contributed by atoms with Gasteiger partial charge in [-0.05, 0) is 43.5 Å². The van der Waals surface area contributed by atoms with Crippen molar-refractivity contribution in [3.05, 3.63) is 45.1 Å². The Morgan fingerprint density at radius 2 is 1.84 bits per heavy atom. The number of fused-ring (bicyclic) bond motifs is 3. The molecule has 0 saturated carbocycles. The molecule has 3 aromatic rings. The van der Waals surface area contributed by atoms with Crippen LogP contribution in [0.1, 0.15) is 40.0 Å². The first-order valence-electron chi connectivity index (χ1n) is 11.2. The highest BCUT2D eigenvalue weighted by molar-refractivity contribution is 5.77. The van der Waals surface area contributed by atoms with Gasteiger partial charge < -0.3 is 14.2 Å². The van der Waals surface area contributed by atoms with Crippen LogP contribution in [0.2, 0.25) is 0 Å². The number of benzene rings is 1. The average Bonchev–Trinajstić information content (AvgIpc) is 3.14. The molecule has 3 heterocycles. The zero-order valence-corrected chi connectivity index (χ0v) is 18.8. The minimum atomic E-state index is -0.301. The van der Waals surface area contributed by atoms with Gasteiger partial charge in [-0.2, -0.15) is 4.98 Å². The molecule has 0 aliphatic carbocycles. The lowest BCUT2D eigenvalue weighted by Gasteiger charge is -2.33. The monoisotopic (exact) mass is 425 g/mol. The topological polar surface area (TPSA) is 74.3 Å². The number of hydrogen-bond acceptors (Lipinski definition) is 5. The van der Waals surface area contributed by atoms with E-state index in [-0.39, 0.29) is 11.2 Å². The Morgan fingerprint density at radius 3 is 2.52 bits per heavy atom. The lowest BCUT2D eigenvalue weighted by atomic mass is 10.1. The molecule has 0 bridgehead atoms. The number of aryl methyl sites for hydroxylation is 1. The van der Waals surface area contributed by atoms with Crippen molar-refractivity contribution in [1.82, 2.24) is 18.7 Å². The largest absolute Gasteiger partial charge is 0.494 e. The van der Waals surface area contributed by atoms with Crippen LogP contribution in [-0.4, -0.2) is 31.8 Å². The summed E-state index contributed by atoms with van der Waals surface area (Å²) in [6.07, 6.45) is 2.83. The van der Waals surface area contributed by atoms with Gasteiger partial charge in [-0.1, -0.05) is 26.7 Å². The lowest BCUT2D eigenvalue weighted by molar-refractivity contribution is 0.340. The van der Waals surface area contributed by atoms with Gasteiger partial charge in [0.05, 0.1) is 6.61 Å². The lowest BCUT2D eigenvalue weighted by Crippen LogP contribution is -2.40. The van der Waals surface area contributed by atoms with Crippen LogP contribution in [-0.2, 0) is 20.1 Å². The fourth-order valence-electron chi connectivity index (χ4n) is 4.33. The van der Waals surface area contributed by atoms with Crippen molar-refractivity contribution in [2.45, 2.75) is 53.1 Å². The maximum Gasteiger partial charge on any atom is 0.332 e. The summed E-state index contributed by atoms with van der Waals surface area (Å²) in [5.41, 5.74) is 1.40. The second kappa shape index (κ2) is 8.61. The SMILES string of the molecule is CCCCCn1c(=O)c2c(nc3n2C[C@H](C)CN3c2ccc(OCC)cc2)n(C)c1=O. The van der Waals surface area contributed by atoms with E-state index < -0.39 is 0 Å². The minimum Gasteiger partial charge on any atom is -0.494 e. The van der Waals surface area contributed by atoms with Crippen LogP contribution >= 0.6 is 0 Å². The van der Waals surface area contributed by atoms with Crippen molar-refractivity contribution in [2.75, 3.05) is 18.1 Å². The quantitative estimate of drug-likeness (QED) is 0.543. The maximum absolute atomic E-state index is 13.3. The molecule has 0 spiro atoms. The number of hydrogen-bond donors (Lipinski definition) is 0. The van der Waals surface area contributed by atoms with Gasteiger partial charge in [0, 0.05) is 32.4 Å². The summed E-state index contributed by atoms with van der Waals surface area (Å²) >= 11 is 0. The smallest absolute Gasteiger partial charge is 0.332 e. The van der Waals surface area contributed by atoms with Crippen LogP contribution in [0.5, 0.6) is 5.75 Å². The Bertz CT molecular complexity index is 1190. The molecule has 0 N–H and O–H groups in total. The molecule has 1 aliphatic heterocycles. The van der Waals surface area contributed by atoms with Crippen molar-refractivity contribution in [1.29, 1.82) is 0 Å². The van der Waals surface area contributed by atoms with Crippen LogP contribution < -0.4 is 20.9 Å². The Hall–Kier alpha value is -3.03. The van der Waals surface area contributed by atoms with Gasteiger partial charge in [-0.3, -0.25) is 13.9 Å². The fraction of sp³-hybridized carbons (Fsp3) is 0.522. The molecule has 0 fully saturated rings. The molecule has 1 aliphatic rings. The first-order valence-corrected chi connectivity index (χ1v) is 11.2. The van der Waals surface area contributed by atoms with Crippen molar-refractivity contribution < 1.29 is 4.74 Å². The van der Waals surface area contributed by atoms with Crippen LogP contribution in [0, 0.1) is 5.92 Å². The van der Waals surface area contributed by atoms with Crippen molar-refractivity contribution >= 4 is 22.8 Å². The molecule has 0 unspecified atom stereocenters. The number of anilines is 2. The Morgan fingerprint density at radius 1 is 1.10 bits per heavy atom. The maximum atomic E-state index is 13.3. The van der Waals surface area contributed by atoms with E-state index in [4.69, 9.17) is 9.72 Å². The fourth-order valence-corrected chi connectivity index (χ4v) is 4.33. The first-order chi connectivity index (χ1) is 15.0. The molecule has 8 nitrogen and oxygen atoms in total. The molecule has 4 rings (SSSR count). The number of rotatable bonds is 7. The predicted molar refractivity (Wildman–Crippen MR) is 123 cm³/mol. The van der Waals surface area contributed by atoms with E-state index in [0.29, 0.717) is 42.7 Å². The number of aromatic nitrogens is 4. The molecule has 31 heavy (non-hydrogen) atoms. The first kappa shape index (κ1) is 21.2. The van der Waals surface area contributed by atoms with E-state index in [9.17, 15) is 9.59 Å². The summed E-state index contributed by atoms with van der Waals surface area (Å²) in [5, 5.41) is 0. The zero-order valence-electron chi connectivity index (χ0n) is 18.8. The van der Waals surface area contributed by atoms with E-state index >= 15 is 0 Å². The van der Waals surface area contributed by atoms with Gasteiger partial charge in [0.15, 0.2) is 11.2 Å². The van der Waals surface area contributed by atoms with Gasteiger partial charge in [0.1, 0.15) is 5.75 Å². The van der Waals surface area contributed by atoms with Crippen molar-refractivity contribution in [3.8, 4) is 5.75 Å². The van der Waals surface area contributed by atoms with Gasteiger partial charge in [-0.15, -0.1) is 0 Å². The van der Waals surface area contributed by atoms with E-state index in [1.54, 1.807) is 7.05 Å². The highest BCUT2D eigenvalue weighted by atomic mass is 16.5. The molecule has 1 aromatic carbocycles. The summed E-state index contributed by atoms with van der Waals surface area (Å²) in [5.74, 6) is 1.85. The molecule has 0 radical (unpaired) electrons. The third kappa shape index (κ3) is 3.75. The summed E-state index contributed by atoms with van der Waals surface area (Å²) in [6.45, 7) is 8.77. The van der Waals surface area contributed by atoms with Crippen LogP contribution in [0.4, 0.5) is 11.6 Å². The van der Waals surface area contributed by atoms with Crippen LogP contribution in [0.3, 0.4) is 0 Å². The van der Waals surface area contributed by atoms with Crippen LogP contribution in [0.15, 0.2) is 33.9 Å². The summed E-state index contributed by atoms with van der Waals surface area (Å²) in [7, 11) is 1.70. The molecule has 0 saturated heterocycles. The number of ether oxygens (including phenoxy) is 1. The second-order valence-electron chi connectivity index (χ2n) is 8.34. The van der Waals surface area contributed by atoms with E-state index in [1.165, 1.54) is 9.13 Å². The molecular weight excluding hydrogens is 394 g/mol. The predicted octanol–water partition coefficient (Wildman–Crippen LogP) is 3.27. The normalized spacial score (nSPS) is 16.0. The molecular formula is C23H31N5O3. The molecule has 166 valence electrons. The Kier molecular flexibility index (Phi) is 5.89. The summed E-state index contributed by atoms with van der Waals surface area (Å²) in [6, 6.07) is 7.91. The molecule has 2 aromatic heterocycles. The van der Waals surface area contributed by atoms with Crippen molar-refractivity contribution in [3.63, 3.8) is 0 Å². The van der Waals surface area contributed by atoms with E-state index in [0.717, 1.165) is 37.2 Å². The standard InChI is InChI=1S/C23H31N5O3/c1-5-7-8-13-26-21(29)19-20(25(4)23(26)30)24-22-27(14-16(3)15-28(19)22)17-9-11-18(12-10-17)31-6-2/h9-12,16H,5-8,13-15H2,1-4H3/t16-/m1/s1. The second-order valence-corrected chi connectivity index (χ2v) is 8.34. The highest BCUT2D eigenvalue weighted by Crippen LogP contribution is 2.33. The van der Waals surface area contributed by atoms with Gasteiger partial charge in [0.2, 0.25) is 5.95 Å². The minimum absolute atomic E-state index is 0.242. The van der Waals surface area contributed by atoms with Gasteiger partial charge in [-0.25, -0.2) is 4.79 Å². The zero-order chi connectivity index (χ0) is 22.1. The average molecular weight is 426 g/mol. The molecule has 0 amide bonds. The number of unbranched alkanes of at least 4 members (excludes halogenated alkanes) is 2. The van der Waals surface area contributed by atoms with Gasteiger partial charge >= 0.3 is 5.69 Å². The highest BCUT2D eigenvalue weighted by Gasteiger charge is 2.29. The molecule has 8 heteroatoms. The van der Waals surface area contributed by atoms with E-state index in [1.807, 2.05) is 35.8 Å². The van der Waals surface area contributed by atoms with Crippen LogP contribution in [0.25, 0.3) is 11.2 Å². The van der Waals surface area contributed by atoms with E-state index in [2.05, 4.69) is 18.7 Å². The number of imidazole rings is 1. The van der Waals surface area contributed by atoms with Crippen molar-refractivity contribution in [2.24, 2.45) is 13.0 Å². The Labute approximate surface area is 181 Å². The third-order valence-electron chi connectivity index (χ3n) is 5.89. The summed E-state index contributed by atoms with van der Waals surface area (Å²) < 4.78 is 10.4. The number of nitrogens with zero attached hydrogens (tertiary/aromatic N) is 5.